The van der Waals surface area contributed by atoms with Gasteiger partial charge in [0.05, 0.1) is 16.5 Å². The average molecular weight is 311 g/mol. The first-order chi connectivity index (χ1) is 10.9. The SMILES string of the molecule is Cc1cc([C@@H](C)N)c2nc(-c3ccccc3F)n(C)c(=O)c2c1. The second-order valence-corrected chi connectivity index (χ2v) is 5.82. The predicted molar refractivity (Wildman–Crippen MR) is 89.7 cm³/mol. The summed E-state index contributed by atoms with van der Waals surface area (Å²) < 4.78 is 15.5. The minimum atomic E-state index is -0.413. The molecule has 0 spiro atoms. The van der Waals surface area contributed by atoms with Crippen molar-refractivity contribution in [1.29, 1.82) is 0 Å². The summed E-state index contributed by atoms with van der Waals surface area (Å²) in [6, 6.07) is 9.73. The van der Waals surface area contributed by atoms with Crippen LogP contribution in [0.25, 0.3) is 22.3 Å². The Morgan fingerprint density at radius 3 is 2.61 bits per heavy atom. The zero-order valence-electron chi connectivity index (χ0n) is 13.3. The summed E-state index contributed by atoms with van der Waals surface area (Å²) in [5.41, 5.74) is 8.39. The molecule has 0 fully saturated rings. The van der Waals surface area contributed by atoms with Crippen LogP contribution in [0.3, 0.4) is 0 Å². The fourth-order valence-electron chi connectivity index (χ4n) is 2.78. The lowest BCUT2D eigenvalue weighted by molar-refractivity contribution is 0.628. The average Bonchev–Trinajstić information content (AvgIpc) is 2.51. The van der Waals surface area contributed by atoms with Crippen molar-refractivity contribution in [3.63, 3.8) is 0 Å². The van der Waals surface area contributed by atoms with E-state index in [1.54, 1.807) is 31.3 Å². The Morgan fingerprint density at radius 1 is 1.26 bits per heavy atom. The Morgan fingerprint density at radius 2 is 1.96 bits per heavy atom. The number of aromatic nitrogens is 2. The molecule has 4 nitrogen and oxygen atoms in total. The first kappa shape index (κ1) is 15.4. The third kappa shape index (κ3) is 2.53. The molecule has 0 unspecified atom stereocenters. The molecule has 1 aromatic heterocycles. The van der Waals surface area contributed by atoms with E-state index in [-0.39, 0.29) is 11.6 Å². The number of aryl methyl sites for hydroxylation is 1. The molecule has 2 aromatic carbocycles. The van der Waals surface area contributed by atoms with E-state index in [1.165, 1.54) is 10.6 Å². The predicted octanol–water partition coefficient (Wildman–Crippen LogP) is 3.07. The first-order valence-electron chi connectivity index (χ1n) is 7.42. The minimum absolute atomic E-state index is 0.209. The molecule has 0 saturated carbocycles. The summed E-state index contributed by atoms with van der Waals surface area (Å²) in [5.74, 6) is -0.116. The Hall–Kier alpha value is -2.53. The van der Waals surface area contributed by atoms with E-state index in [2.05, 4.69) is 4.98 Å². The standard InChI is InChI=1S/C18H18FN3O/c1-10-8-13(11(2)20)16-14(9-10)18(23)22(3)17(21-16)12-6-4-5-7-15(12)19/h4-9,11H,20H2,1-3H3/t11-/m1/s1. The molecule has 0 aliphatic carbocycles. The van der Waals surface area contributed by atoms with Gasteiger partial charge in [-0.25, -0.2) is 9.37 Å². The normalized spacial score (nSPS) is 12.6. The molecule has 0 bridgehead atoms. The van der Waals surface area contributed by atoms with Gasteiger partial charge in [-0.15, -0.1) is 0 Å². The van der Waals surface area contributed by atoms with Crippen LogP contribution in [-0.2, 0) is 7.05 Å². The van der Waals surface area contributed by atoms with Gasteiger partial charge in [0.15, 0.2) is 0 Å². The number of nitrogens with two attached hydrogens (primary N) is 1. The number of benzene rings is 2. The molecule has 0 amide bonds. The molecule has 3 rings (SSSR count). The van der Waals surface area contributed by atoms with Gasteiger partial charge in [-0.3, -0.25) is 9.36 Å². The first-order valence-corrected chi connectivity index (χ1v) is 7.42. The van der Waals surface area contributed by atoms with Crippen LogP contribution >= 0.6 is 0 Å². The van der Waals surface area contributed by atoms with Crippen molar-refractivity contribution >= 4 is 10.9 Å². The van der Waals surface area contributed by atoms with Gasteiger partial charge in [0.25, 0.3) is 5.56 Å². The maximum Gasteiger partial charge on any atom is 0.261 e. The Labute approximate surface area is 133 Å². The number of nitrogens with zero attached hydrogens (tertiary/aromatic N) is 2. The monoisotopic (exact) mass is 311 g/mol. The van der Waals surface area contributed by atoms with Gasteiger partial charge in [0, 0.05) is 13.1 Å². The summed E-state index contributed by atoms with van der Waals surface area (Å²) in [6.07, 6.45) is 0. The van der Waals surface area contributed by atoms with Crippen LogP contribution in [0.1, 0.15) is 24.1 Å². The molecule has 3 aromatic rings. The van der Waals surface area contributed by atoms with E-state index >= 15 is 0 Å². The van der Waals surface area contributed by atoms with Gasteiger partial charge in [-0.05, 0) is 43.2 Å². The molecular weight excluding hydrogens is 293 g/mol. The van der Waals surface area contributed by atoms with Crippen LogP contribution < -0.4 is 11.3 Å². The maximum atomic E-state index is 14.1. The van der Waals surface area contributed by atoms with Gasteiger partial charge in [0.1, 0.15) is 11.6 Å². The van der Waals surface area contributed by atoms with E-state index in [1.807, 2.05) is 19.9 Å². The molecule has 23 heavy (non-hydrogen) atoms. The van der Waals surface area contributed by atoms with E-state index in [9.17, 15) is 9.18 Å². The summed E-state index contributed by atoms with van der Waals surface area (Å²) in [4.78, 5) is 17.3. The number of fused-ring (bicyclic) bond motifs is 1. The molecule has 0 aliphatic rings. The molecule has 5 heteroatoms. The van der Waals surface area contributed by atoms with Crippen LogP contribution in [0.4, 0.5) is 4.39 Å². The van der Waals surface area contributed by atoms with Crippen molar-refractivity contribution in [2.45, 2.75) is 19.9 Å². The lowest BCUT2D eigenvalue weighted by atomic mass is 10.0. The molecule has 1 heterocycles. The van der Waals surface area contributed by atoms with Crippen LogP contribution in [0.2, 0.25) is 0 Å². The Kier molecular flexibility index (Phi) is 3.74. The Balaban J connectivity index is 2.45. The van der Waals surface area contributed by atoms with Gasteiger partial charge < -0.3 is 5.73 Å². The second-order valence-electron chi connectivity index (χ2n) is 5.82. The lowest BCUT2D eigenvalue weighted by Gasteiger charge is -2.15. The van der Waals surface area contributed by atoms with E-state index in [4.69, 9.17) is 5.73 Å². The van der Waals surface area contributed by atoms with E-state index in [0.717, 1.165) is 11.1 Å². The summed E-state index contributed by atoms with van der Waals surface area (Å²) in [7, 11) is 1.60. The van der Waals surface area contributed by atoms with Gasteiger partial charge in [-0.2, -0.15) is 0 Å². The number of rotatable bonds is 2. The third-order valence-electron chi connectivity index (χ3n) is 3.96. The molecule has 0 radical (unpaired) electrons. The molecule has 0 saturated heterocycles. The second kappa shape index (κ2) is 5.59. The fourth-order valence-corrected chi connectivity index (χ4v) is 2.78. The third-order valence-corrected chi connectivity index (χ3v) is 3.96. The zero-order chi connectivity index (χ0) is 16.7. The highest BCUT2D eigenvalue weighted by atomic mass is 19.1. The zero-order valence-corrected chi connectivity index (χ0v) is 13.3. The molecule has 1 atom stereocenters. The van der Waals surface area contributed by atoms with Gasteiger partial charge in [-0.1, -0.05) is 18.2 Å². The van der Waals surface area contributed by atoms with Crippen LogP contribution in [-0.4, -0.2) is 9.55 Å². The number of hydrogen-bond donors (Lipinski definition) is 1. The molecule has 0 aliphatic heterocycles. The van der Waals surface area contributed by atoms with Crippen LogP contribution in [0.15, 0.2) is 41.2 Å². The smallest absolute Gasteiger partial charge is 0.261 e. The highest BCUT2D eigenvalue weighted by Gasteiger charge is 2.17. The van der Waals surface area contributed by atoms with Crippen molar-refractivity contribution in [2.75, 3.05) is 0 Å². The summed E-state index contributed by atoms with van der Waals surface area (Å²) in [6.45, 7) is 3.76. The van der Waals surface area contributed by atoms with Gasteiger partial charge in [0.2, 0.25) is 0 Å². The van der Waals surface area contributed by atoms with Crippen molar-refractivity contribution in [3.05, 3.63) is 63.7 Å². The number of hydrogen-bond acceptors (Lipinski definition) is 3. The number of halogens is 1. The molecule has 2 N–H and O–H groups in total. The fraction of sp³-hybridized carbons (Fsp3) is 0.222. The van der Waals surface area contributed by atoms with Crippen LogP contribution in [0.5, 0.6) is 0 Å². The molecular formula is C18H18FN3O. The quantitative estimate of drug-likeness (QED) is 0.791. The summed E-state index contributed by atoms with van der Waals surface area (Å²) in [5, 5.41) is 0.500. The van der Waals surface area contributed by atoms with Crippen LogP contribution in [0, 0.1) is 12.7 Å². The maximum absolute atomic E-state index is 14.1. The van der Waals surface area contributed by atoms with E-state index in [0.29, 0.717) is 22.3 Å². The topological polar surface area (TPSA) is 60.9 Å². The summed E-state index contributed by atoms with van der Waals surface area (Å²) >= 11 is 0. The lowest BCUT2D eigenvalue weighted by Crippen LogP contribution is -2.22. The highest BCUT2D eigenvalue weighted by molar-refractivity contribution is 5.84. The highest BCUT2D eigenvalue weighted by Crippen LogP contribution is 2.25. The van der Waals surface area contributed by atoms with Crippen molar-refractivity contribution in [3.8, 4) is 11.4 Å². The Bertz CT molecular complexity index is 960. The van der Waals surface area contributed by atoms with Crippen molar-refractivity contribution in [2.24, 2.45) is 12.8 Å². The largest absolute Gasteiger partial charge is 0.324 e. The minimum Gasteiger partial charge on any atom is -0.324 e. The van der Waals surface area contributed by atoms with E-state index < -0.39 is 5.82 Å². The van der Waals surface area contributed by atoms with Crippen molar-refractivity contribution in [1.82, 2.24) is 9.55 Å². The van der Waals surface area contributed by atoms with Crippen molar-refractivity contribution < 1.29 is 4.39 Å². The van der Waals surface area contributed by atoms with Gasteiger partial charge >= 0.3 is 0 Å². The molecule has 118 valence electrons.